The highest BCUT2D eigenvalue weighted by Gasteiger charge is 2.15. The number of anilines is 2. The van der Waals surface area contributed by atoms with E-state index in [-0.39, 0.29) is 10.8 Å². The fraction of sp³-hybridized carbons (Fsp3) is 0.0500. The van der Waals surface area contributed by atoms with Gasteiger partial charge in [0, 0.05) is 16.4 Å². The highest BCUT2D eigenvalue weighted by atomic mass is 35.5. The summed E-state index contributed by atoms with van der Waals surface area (Å²) < 4.78 is 27.4. The molecule has 3 aromatic carbocycles. The Balaban J connectivity index is 1.73. The van der Waals surface area contributed by atoms with Crippen molar-refractivity contribution in [3.63, 3.8) is 0 Å². The molecule has 8 heteroatoms. The predicted octanol–water partition coefficient (Wildman–Crippen LogP) is 5.35. The molecular formula is C20H16Cl2N2O3S. The van der Waals surface area contributed by atoms with E-state index >= 15 is 0 Å². The van der Waals surface area contributed by atoms with Crippen LogP contribution in [0.2, 0.25) is 10.0 Å². The molecule has 3 aromatic rings. The molecule has 3 rings (SSSR count). The van der Waals surface area contributed by atoms with Gasteiger partial charge in [-0.25, -0.2) is 8.42 Å². The summed E-state index contributed by atoms with van der Waals surface area (Å²) in [5.41, 5.74) is 2.14. The molecule has 1 amide bonds. The fourth-order valence-corrected chi connectivity index (χ4v) is 3.96. The number of benzene rings is 3. The minimum absolute atomic E-state index is 0.0637. The van der Waals surface area contributed by atoms with Gasteiger partial charge in [-0.1, -0.05) is 29.3 Å². The lowest BCUT2D eigenvalue weighted by Crippen LogP contribution is -2.14. The van der Waals surface area contributed by atoms with E-state index in [1.54, 1.807) is 42.5 Å². The number of sulfonamides is 1. The van der Waals surface area contributed by atoms with Crippen molar-refractivity contribution < 1.29 is 13.2 Å². The Morgan fingerprint density at radius 2 is 1.46 bits per heavy atom. The minimum Gasteiger partial charge on any atom is -0.322 e. The third-order valence-electron chi connectivity index (χ3n) is 3.89. The topological polar surface area (TPSA) is 75.3 Å². The number of hydrogen-bond donors (Lipinski definition) is 2. The zero-order valence-corrected chi connectivity index (χ0v) is 17.1. The van der Waals surface area contributed by atoms with Crippen molar-refractivity contribution in [2.45, 2.75) is 11.8 Å². The van der Waals surface area contributed by atoms with Crippen molar-refractivity contribution in [1.82, 2.24) is 0 Å². The molecule has 0 aliphatic rings. The number of carbonyl (C=O) groups excluding carboxylic acids is 1. The first-order chi connectivity index (χ1) is 13.2. The van der Waals surface area contributed by atoms with Crippen LogP contribution in [0.15, 0.2) is 71.6 Å². The standard InChI is InChI=1S/C20H16Cl2N2O3S/c1-13-2-11-18(19(22)12-13)20(25)23-15-7-9-17(10-8-15)28(26,27)24-16-5-3-14(21)4-6-16/h2-12,24H,1H3,(H,23,25). The number of hydrogen-bond acceptors (Lipinski definition) is 3. The van der Waals surface area contributed by atoms with Gasteiger partial charge in [-0.05, 0) is 73.2 Å². The van der Waals surface area contributed by atoms with E-state index in [1.165, 1.54) is 24.3 Å². The highest BCUT2D eigenvalue weighted by molar-refractivity contribution is 7.92. The first-order valence-corrected chi connectivity index (χ1v) is 10.4. The summed E-state index contributed by atoms with van der Waals surface area (Å²) in [6, 6.07) is 17.3. The van der Waals surface area contributed by atoms with Gasteiger partial charge in [0.1, 0.15) is 0 Å². The largest absolute Gasteiger partial charge is 0.322 e. The van der Waals surface area contributed by atoms with Crippen LogP contribution in [-0.4, -0.2) is 14.3 Å². The summed E-state index contributed by atoms with van der Waals surface area (Å²) in [7, 11) is -3.76. The molecule has 0 bridgehead atoms. The van der Waals surface area contributed by atoms with Crippen molar-refractivity contribution >= 4 is 50.5 Å². The molecule has 144 valence electrons. The lowest BCUT2D eigenvalue weighted by atomic mass is 10.1. The second kappa shape index (κ2) is 8.22. The van der Waals surface area contributed by atoms with Crippen molar-refractivity contribution in [1.29, 1.82) is 0 Å². The number of aryl methyl sites for hydroxylation is 1. The van der Waals surface area contributed by atoms with E-state index in [0.717, 1.165) is 5.56 Å². The van der Waals surface area contributed by atoms with Crippen molar-refractivity contribution in [3.05, 3.63) is 87.9 Å². The van der Waals surface area contributed by atoms with Gasteiger partial charge in [-0.2, -0.15) is 0 Å². The molecule has 28 heavy (non-hydrogen) atoms. The SMILES string of the molecule is Cc1ccc(C(=O)Nc2ccc(S(=O)(=O)Nc3ccc(Cl)cc3)cc2)c(Cl)c1. The maximum atomic E-state index is 12.5. The molecule has 0 unspecified atom stereocenters. The summed E-state index contributed by atoms with van der Waals surface area (Å²) in [4.78, 5) is 12.4. The van der Waals surface area contributed by atoms with Crippen molar-refractivity contribution in [2.75, 3.05) is 10.0 Å². The molecule has 0 heterocycles. The van der Waals surface area contributed by atoms with Crippen LogP contribution in [-0.2, 0) is 10.0 Å². The number of nitrogens with one attached hydrogen (secondary N) is 2. The monoisotopic (exact) mass is 434 g/mol. The third-order valence-corrected chi connectivity index (χ3v) is 5.85. The highest BCUT2D eigenvalue weighted by Crippen LogP contribution is 2.22. The van der Waals surface area contributed by atoms with Gasteiger partial charge in [-0.15, -0.1) is 0 Å². The first kappa shape index (κ1) is 20.2. The van der Waals surface area contributed by atoms with Crippen LogP contribution in [0.3, 0.4) is 0 Å². The molecular weight excluding hydrogens is 419 g/mol. The van der Waals surface area contributed by atoms with Crippen molar-refractivity contribution in [2.24, 2.45) is 0 Å². The molecule has 0 aromatic heterocycles. The van der Waals surface area contributed by atoms with Crippen LogP contribution in [0.25, 0.3) is 0 Å². The third kappa shape index (κ3) is 4.84. The van der Waals surface area contributed by atoms with Gasteiger partial charge >= 0.3 is 0 Å². The molecule has 0 atom stereocenters. The minimum atomic E-state index is -3.76. The van der Waals surface area contributed by atoms with Gasteiger partial charge in [0.2, 0.25) is 0 Å². The fourth-order valence-electron chi connectivity index (χ4n) is 2.45. The quantitative estimate of drug-likeness (QED) is 0.567. The number of rotatable bonds is 5. The maximum absolute atomic E-state index is 12.5. The Bertz CT molecular complexity index is 1110. The van der Waals surface area contributed by atoms with E-state index in [0.29, 0.717) is 27.0 Å². The number of halogens is 2. The van der Waals surface area contributed by atoms with Crippen LogP contribution < -0.4 is 10.0 Å². The second-order valence-corrected chi connectivity index (χ2v) is 8.60. The summed E-state index contributed by atoms with van der Waals surface area (Å²) >= 11 is 11.9. The summed E-state index contributed by atoms with van der Waals surface area (Å²) in [5, 5.41) is 3.56. The zero-order valence-electron chi connectivity index (χ0n) is 14.7. The normalized spacial score (nSPS) is 11.1. The van der Waals surface area contributed by atoms with E-state index in [2.05, 4.69) is 10.0 Å². The zero-order chi connectivity index (χ0) is 20.3. The maximum Gasteiger partial charge on any atom is 0.261 e. The lowest BCUT2D eigenvalue weighted by molar-refractivity contribution is 0.102. The van der Waals surface area contributed by atoms with E-state index in [9.17, 15) is 13.2 Å². The van der Waals surface area contributed by atoms with E-state index < -0.39 is 10.0 Å². The van der Waals surface area contributed by atoms with Gasteiger partial charge in [0.05, 0.1) is 15.5 Å². The number of amides is 1. The van der Waals surface area contributed by atoms with Gasteiger partial charge in [0.15, 0.2) is 0 Å². The van der Waals surface area contributed by atoms with Gasteiger partial charge in [0.25, 0.3) is 15.9 Å². The molecule has 5 nitrogen and oxygen atoms in total. The van der Waals surface area contributed by atoms with Crippen molar-refractivity contribution in [3.8, 4) is 0 Å². The smallest absolute Gasteiger partial charge is 0.261 e. The first-order valence-electron chi connectivity index (χ1n) is 8.20. The lowest BCUT2D eigenvalue weighted by Gasteiger charge is -2.10. The Hall–Kier alpha value is -2.54. The average molecular weight is 435 g/mol. The van der Waals surface area contributed by atoms with Crippen LogP contribution in [0.4, 0.5) is 11.4 Å². The molecule has 0 spiro atoms. The van der Waals surface area contributed by atoms with Crippen LogP contribution >= 0.6 is 23.2 Å². The van der Waals surface area contributed by atoms with E-state index in [1.807, 2.05) is 6.92 Å². The Morgan fingerprint density at radius 1 is 0.857 bits per heavy atom. The predicted molar refractivity (Wildman–Crippen MR) is 113 cm³/mol. The Kier molecular flexibility index (Phi) is 5.93. The molecule has 0 fully saturated rings. The summed E-state index contributed by atoms with van der Waals surface area (Å²) in [6.45, 7) is 1.88. The van der Waals surface area contributed by atoms with Gasteiger partial charge < -0.3 is 5.32 Å². The average Bonchev–Trinajstić information content (AvgIpc) is 2.64. The summed E-state index contributed by atoms with van der Waals surface area (Å²) in [5.74, 6) is -0.375. The molecule has 0 aliphatic heterocycles. The second-order valence-electron chi connectivity index (χ2n) is 6.07. The van der Waals surface area contributed by atoms with Crippen LogP contribution in [0.1, 0.15) is 15.9 Å². The van der Waals surface area contributed by atoms with Crippen LogP contribution in [0.5, 0.6) is 0 Å². The molecule has 0 saturated carbocycles. The molecule has 0 saturated heterocycles. The Morgan fingerprint density at radius 3 is 2.07 bits per heavy atom. The van der Waals surface area contributed by atoms with E-state index in [4.69, 9.17) is 23.2 Å². The molecule has 2 N–H and O–H groups in total. The molecule has 0 aliphatic carbocycles. The summed E-state index contributed by atoms with van der Waals surface area (Å²) in [6.07, 6.45) is 0. The Labute approximate surface area is 173 Å². The van der Waals surface area contributed by atoms with Gasteiger partial charge in [-0.3, -0.25) is 9.52 Å². The number of carbonyl (C=O) groups is 1. The van der Waals surface area contributed by atoms with Crippen LogP contribution in [0, 0.1) is 6.92 Å². The molecule has 0 radical (unpaired) electrons.